The van der Waals surface area contributed by atoms with Crippen molar-refractivity contribution in [1.29, 1.82) is 0 Å². The number of nitrogens with zero attached hydrogens (tertiary/aromatic N) is 1. The van der Waals surface area contributed by atoms with Gasteiger partial charge in [0.15, 0.2) is 0 Å². The van der Waals surface area contributed by atoms with Crippen LogP contribution in [0.2, 0.25) is 0 Å². The van der Waals surface area contributed by atoms with Gasteiger partial charge >= 0.3 is 6.18 Å². The van der Waals surface area contributed by atoms with E-state index in [2.05, 4.69) is 5.32 Å². The number of benzene rings is 1. The van der Waals surface area contributed by atoms with E-state index in [-0.39, 0.29) is 17.0 Å². The van der Waals surface area contributed by atoms with E-state index in [4.69, 9.17) is 4.74 Å². The van der Waals surface area contributed by atoms with Crippen LogP contribution in [0.15, 0.2) is 29.2 Å². The highest BCUT2D eigenvalue weighted by molar-refractivity contribution is 7.89. The summed E-state index contributed by atoms with van der Waals surface area (Å²) < 4.78 is 71.1. The first kappa shape index (κ1) is 23.5. The molecule has 1 heterocycles. The van der Waals surface area contributed by atoms with E-state index in [9.17, 15) is 21.6 Å². The number of rotatable bonds is 7. The van der Waals surface area contributed by atoms with Gasteiger partial charge in [0, 0.05) is 25.7 Å². The second-order valence-electron chi connectivity index (χ2n) is 8.28. The smallest absolute Gasteiger partial charge is 0.378 e. The van der Waals surface area contributed by atoms with Crippen molar-refractivity contribution in [2.75, 3.05) is 20.2 Å². The first-order valence-electron chi connectivity index (χ1n) is 10.7. The number of hydrogen-bond donors (Lipinski definition) is 1. The third kappa shape index (κ3) is 5.96. The van der Waals surface area contributed by atoms with E-state index >= 15 is 0 Å². The summed E-state index contributed by atoms with van der Waals surface area (Å²) in [5.74, 6) is 0. The van der Waals surface area contributed by atoms with Crippen LogP contribution in [0.25, 0.3) is 0 Å². The summed E-state index contributed by atoms with van der Waals surface area (Å²) >= 11 is 0. The van der Waals surface area contributed by atoms with E-state index in [1.165, 1.54) is 30.6 Å². The quantitative estimate of drug-likeness (QED) is 0.680. The monoisotopic (exact) mass is 448 g/mol. The zero-order valence-corrected chi connectivity index (χ0v) is 18.1. The van der Waals surface area contributed by atoms with Gasteiger partial charge in [-0.1, -0.05) is 6.42 Å². The Morgan fingerprint density at radius 2 is 1.73 bits per heavy atom. The van der Waals surface area contributed by atoms with E-state index in [0.717, 1.165) is 50.1 Å². The van der Waals surface area contributed by atoms with Crippen LogP contribution in [0.1, 0.15) is 56.9 Å². The highest BCUT2D eigenvalue weighted by atomic mass is 32.2. The van der Waals surface area contributed by atoms with Crippen LogP contribution in [0.4, 0.5) is 13.2 Å². The molecule has 0 radical (unpaired) electrons. The van der Waals surface area contributed by atoms with Crippen LogP contribution >= 0.6 is 0 Å². The Hall–Kier alpha value is -1.16. The topological polar surface area (TPSA) is 58.6 Å². The average Bonchev–Trinajstić information content (AvgIpc) is 2.74. The molecule has 0 aromatic heterocycles. The minimum Gasteiger partial charge on any atom is -0.378 e. The van der Waals surface area contributed by atoms with Crippen LogP contribution in [0.5, 0.6) is 0 Å². The van der Waals surface area contributed by atoms with Crippen LogP contribution < -0.4 is 5.32 Å². The van der Waals surface area contributed by atoms with E-state index < -0.39 is 21.8 Å². The molecule has 0 spiro atoms. The maximum Gasteiger partial charge on any atom is 0.416 e. The molecule has 1 aromatic rings. The molecule has 1 N–H and O–H groups in total. The molecule has 0 amide bonds. The van der Waals surface area contributed by atoms with Gasteiger partial charge in [0.05, 0.1) is 16.6 Å². The Labute approximate surface area is 177 Å². The van der Waals surface area contributed by atoms with Gasteiger partial charge in [-0.2, -0.15) is 17.5 Å². The van der Waals surface area contributed by atoms with Crippen molar-refractivity contribution in [2.24, 2.45) is 0 Å². The summed E-state index contributed by atoms with van der Waals surface area (Å²) in [4.78, 5) is -0.114. The lowest BCUT2D eigenvalue weighted by Crippen LogP contribution is -2.41. The van der Waals surface area contributed by atoms with Gasteiger partial charge in [0.2, 0.25) is 10.0 Å². The summed E-state index contributed by atoms with van der Waals surface area (Å²) in [6.07, 6.45) is 3.31. The summed E-state index contributed by atoms with van der Waals surface area (Å²) in [6.45, 7) is 1.79. The predicted octanol–water partition coefficient (Wildman–Crippen LogP) is 4.19. The van der Waals surface area contributed by atoms with Gasteiger partial charge in [-0.3, -0.25) is 0 Å². The number of ether oxygens (including phenoxy) is 1. The largest absolute Gasteiger partial charge is 0.416 e. The lowest BCUT2D eigenvalue weighted by Gasteiger charge is -2.34. The SMILES string of the molecule is CN(C1CCC(OCCC2CCCCN2)CC1)S(=O)(=O)c1ccc(C(F)(F)F)cc1. The molecule has 5 nitrogen and oxygen atoms in total. The molecule has 30 heavy (non-hydrogen) atoms. The van der Waals surface area contributed by atoms with Crippen molar-refractivity contribution in [3.05, 3.63) is 29.8 Å². The van der Waals surface area contributed by atoms with Gasteiger partial charge in [-0.05, 0) is 75.8 Å². The molecule has 1 unspecified atom stereocenters. The fourth-order valence-electron chi connectivity index (χ4n) is 4.30. The lowest BCUT2D eigenvalue weighted by molar-refractivity contribution is -0.137. The molecule has 1 aromatic carbocycles. The summed E-state index contributed by atoms with van der Waals surface area (Å²) in [5, 5.41) is 3.51. The van der Waals surface area contributed by atoms with Crippen LogP contribution in [-0.4, -0.2) is 51.1 Å². The Morgan fingerprint density at radius 1 is 1.07 bits per heavy atom. The zero-order valence-electron chi connectivity index (χ0n) is 17.3. The number of halogens is 3. The standard InChI is InChI=1S/C21H31F3N2O3S/c1-26(30(27,28)20-11-5-16(6-12-20)21(22,23)24)18-7-9-19(10-8-18)29-15-13-17-4-2-3-14-25-17/h5-6,11-12,17-19,25H,2-4,7-10,13-15H2,1H3. The van der Waals surface area contributed by atoms with Crippen LogP contribution in [0, 0.1) is 0 Å². The molecular weight excluding hydrogens is 417 g/mol. The predicted molar refractivity (Wildman–Crippen MR) is 109 cm³/mol. The van der Waals surface area contributed by atoms with Gasteiger partial charge < -0.3 is 10.1 Å². The van der Waals surface area contributed by atoms with Crippen molar-refractivity contribution in [2.45, 2.75) is 80.6 Å². The minimum absolute atomic E-state index is 0.114. The van der Waals surface area contributed by atoms with Gasteiger partial charge in [-0.25, -0.2) is 8.42 Å². The molecule has 1 aliphatic carbocycles. The molecule has 1 saturated heterocycles. The number of nitrogens with one attached hydrogen (secondary N) is 1. The van der Waals surface area contributed by atoms with Crippen molar-refractivity contribution < 1.29 is 26.3 Å². The Balaban J connectivity index is 1.48. The van der Waals surface area contributed by atoms with Crippen molar-refractivity contribution >= 4 is 10.0 Å². The first-order valence-corrected chi connectivity index (χ1v) is 12.1. The second kappa shape index (κ2) is 9.97. The number of piperidine rings is 1. The summed E-state index contributed by atoms with van der Waals surface area (Å²) in [7, 11) is -2.33. The third-order valence-electron chi connectivity index (χ3n) is 6.25. The highest BCUT2D eigenvalue weighted by Crippen LogP contribution is 2.32. The molecule has 1 aliphatic heterocycles. The summed E-state index contributed by atoms with van der Waals surface area (Å²) in [5.41, 5.74) is -0.856. The van der Waals surface area contributed by atoms with Gasteiger partial charge in [-0.15, -0.1) is 0 Å². The molecule has 170 valence electrons. The normalized spacial score (nSPS) is 26.1. The van der Waals surface area contributed by atoms with Crippen molar-refractivity contribution in [3.63, 3.8) is 0 Å². The van der Waals surface area contributed by atoms with Crippen molar-refractivity contribution in [1.82, 2.24) is 9.62 Å². The Kier molecular flexibility index (Phi) is 7.81. The zero-order chi connectivity index (χ0) is 21.8. The highest BCUT2D eigenvalue weighted by Gasteiger charge is 2.34. The fourth-order valence-corrected chi connectivity index (χ4v) is 5.72. The molecule has 0 bridgehead atoms. The van der Waals surface area contributed by atoms with Gasteiger partial charge in [0.25, 0.3) is 0 Å². The molecule has 3 rings (SSSR count). The Morgan fingerprint density at radius 3 is 2.30 bits per heavy atom. The summed E-state index contributed by atoms with van der Waals surface area (Å²) in [6, 6.07) is 4.05. The molecule has 1 atom stereocenters. The molecular formula is C21H31F3N2O3S. The molecule has 2 aliphatic rings. The molecule has 9 heteroatoms. The number of sulfonamides is 1. The fraction of sp³-hybridized carbons (Fsp3) is 0.714. The van der Waals surface area contributed by atoms with Gasteiger partial charge in [0.1, 0.15) is 0 Å². The maximum absolute atomic E-state index is 12.8. The van der Waals surface area contributed by atoms with E-state index in [1.807, 2.05) is 0 Å². The lowest BCUT2D eigenvalue weighted by atomic mass is 9.93. The minimum atomic E-state index is -4.49. The first-order chi connectivity index (χ1) is 14.2. The van der Waals surface area contributed by atoms with Crippen LogP contribution in [-0.2, 0) is 20.9 Å². The van der Waals surface area contributed by atoms with Crippen molar-refractivity contribution in [3.8, 4) is 0 Å². The van der Waals surface area contributed by atoms with Crippen LogP contribution in [0.3, 0.4) is 0 Å². The maximum atomic E-state index is 12.8. The second-order valence-corrected chi connectivity index (χ2v) is 10.3. The Bertz CT molecular complexity index is 770. The number of hydrogen-bond acceptors (Lipinski definition) is 4. The average molecular weight is 449 g/mol. The molecule has 1 saturated carbocycles. The third-order valence-corrected chi connectivity index (χ3v) is 8.17. The van der Waals surface area contributed by atoms with E-state index in [0.29, 0.717) is 25.5 Å². The number of alkyl halides is 3. The van der Waals surface area contributed by atoms with E-state index in [1.54, 1.807) is 0 Å². The molecule has 2 fully saturated rings.